The quantitative estimate of drug-likeness (QED) is 0.643. The number of amides is 1. The lowest BCUT2D eigenvalue weighted by molar-refractivity contribution is -0.122. The van der Waals surface area contributed by atoms with Crippen LogP contribution in [0.2, 0.25) is 19.6 Å². The number of nitrogens with two attached hydrogens (primary N) is 1. The molecule has 0 unspecified atom stereocenters. The summed E-state index contributed by atoms with van der Waals surface area (Å²) in [5.41, 5.74) is 12.5. The van der Waals surface area contributed by atoms with Crippen LogP contribution in [-0.4, -0.2) is 20.0 Å². The van der Waals surface area contributed by atoms with Crippen LogP contribution in [0.3, 0.4) is 0 Å². The topological polar surface area (TPSA) is 55.1 Å². The number of hydrogen-bond acceptors (Lipinski definition) is 2. The highest BCUT2D eigenvalue weighted by Gasteiger charge is 2.13. The highest BCUT2D eigenvalue weighted by Crippen LogP contribution is 2.06. The van der Waals surface area contributed by atoms with Crippen LogP contribution in [0.25, 0.3) is 0 Å². The Bertz CT molecular complexity index is 752. The normalized spacial score (nSPS) is 12.0. The molecule has 4 heteroatoms. The van der Waals surface area contributed by atoms with Crippen molar-refractivity contribution in [2.45, 2.75) is 38.6 Å². The summed E-state index contributed by atoms with van der Waals surface area (Å²) in [6, 6.07) is 17.3. The molecule has 0 aliphatic rings. The minimum atomic E-state index is -1.36. The van der Waals surface area contributed by atoms with E-state index in [0.717, 1.165) is 16.7 Å². The summed E-state index contributed by atoms with van der Waals surface area (Å²) < 4.78 is 0. The zero-order valence-electron chi connectivity index (χ0n) is 15.2. The van der Waals surface area contributed by atoms with Gasteiger partial charge in [0.05, 0.1) is 6.04 Å². The van der Waals surface area contributed by atoms with Crippen LogP contribution in [0.15, 0.2) is 54.6 Å². The average molecular weight is 351 g/mol. The van der Waals surface area contributed by atoms with Crippen molar-refractivity contribution in [3.63, 3.8) is 0 Å². The SMILES string of the molecule is C[Si](C)(C)C#Cc1ccc(CNC(=O)[C@@H](N)Cc2ccccc2)cc1. The Kier molecular flexibility index (Phi) is 6.57. The molecule has 3 N–H and O–H groups in total. The van der Waals surface area contributed by atoms with Crippen LogP contribution in [0, 0.1) is 11.5 Å². The second kappa shape index (κ2) is 8.66. The number of carbonyl (C=O) groups is 1. The van der Waals surface area contributed by atoms with Crippen LogP contribution in [0.4, 0.5) is 0 Å². The summed E-state index contributed by atoms with van der Waals surface area (Å²) in [6.07, 6.45) is 0.540. The molecule has 1 amide bonds. The molecule has 2 rings (SSSR count). The average Bonchev–Trinajstić information content (AvgIpc) is 2.59. The molecule has 0 bridgehead atoms. The molecule has 0 aliphatic carbocycles. The van der Waals surface area contributed by atoms with Gasteiger partial charge >= 0.3 is 0 Å². The van der Waals surface area contributed by atoms with E-state index in [1.807, 2.05) is 54.6 Å². The molecule has 2 aromatic carbocycles. The lowest BCUT2D eigenvalue weighted by atomic mass is 10.1. The third kappa shape index (κ3) is 6.96. The second-order valence-corrected chi connectivity index (χ2v) is 12.0. The zero-order chi connectivity index (χ0) is 18.3. The van der Waals surface area contributed by atoms with Crippen molar-refractivity contribution in [1.82, 2.24) is 5.32 Å². The highest BCUT2D eigenvalue weighted by atomic mass is 28.3. The Balaban J connectivity index is 1.86. The molecule has 0 spiro atoms. The van der Waals surface area contributed by atoms with Crippen LogP contribution >= 0.6 is 0 Å². The van der Waals surface area contributed by atoms with Crippen molar-refractivity contribution in [3.05, 3.63) is 71.3 Å². The third-order valence-electron chi connectivity index (χ3n) is 3.64. The van der Waals surface area contributed by atoms with Crippen molar-refractivity contribution in [2.24, 2.45) is 5.73 Å². The summed E-state index contributed by atoms with van der Waals surface area (Å²) in [6.45, 7) is 7.15. The zero-order valence-corrected chi connectivity index (χ0v) is 16.2. The Morgan fingerprint density at radius 1 is 1.04 bits per heavy atom. The summed E-state index contributed by atoms with van der Waals surface area (Å²) in [5, 5.41) is 2.90. The van der Waals surface area contributed by atoms with E-state index in [-0.39, 0.29) is 5.91 Å². The van der Waals surface area contributed by atoms with Crippen molar-refractivity contribution < 1.29 is 4.79 Å². The maximum atomic E-state index is 12.1. The van der Waals surface area contributed by atoms with Gasteiger partial charge in [0.25, 0.3) is 0 Å². The predicted octanol–water partition coefficient (Wildman–Crippen LogP) is 3.10. The fourth-order valence-corrected chi connectivity index (χ4v) is 2.77. The Morgan fingerprint density at radius 3 is 2.28 bits per heavy atom. The first kappa shape index (κ1) is 19.0. The van der Waals surface area contributed by atoms with Gasteiger partial charge in [0.2, 0.25) is 5.91 Å². The van der Waals surface area contributed by atoms with Crippen LogP contribution < -0.4 is 11.1 Å². The van der Waals surface area contributed by atoms with E-state index in [0.29, 0.717) is 13.0 Å². The number of nitrogens with one attached hydrogen (secondary N) is 1. The first-order chi connectivity index (χ1) is 11.8. The van der Waals surface area contributed by atoms with Gasteiger partial charge in [-0.05, 0) is 29.7 Å². The van der Waals surface area contributed by atoms with Gasteiger partial charge in [0.1, 0.15) is 8.07 Å². The number of carbonyl (C=O) groups excluding carboxylic acids is 1. The first-order valence-electron chi connectivity index (χ1n) is 8.53. The molecule has 0 aliphatic heterocycles. The molecule has 130 valence electrons. The van der Waals surface area contributed by atoms with Crippen molar-refractivity contribution in [3.8, 4) is 11.5 Å². The van der Waals surface area contributed by atoms with E-state index in [9.17, 15) is 4.79 Å². The van der Waals surface area contributed by atoms with Gasteiger partial charge < -0.3 is 11.1 Å². The molecular formula is C21H26N2OSi. The van der Waals surface area contributed by atoms with E-state index < -0.39 is 14.1 Å². The fraction of sp³-hybridized carbons (Fsp3) is 0.286. The summed E-state index contributed by atoms with van der Waals surface area (Å²) in [5.74, 6) is 3.09. The van der Waals surface area contributed by atoms with Gasteiger partial charge in [-0.15, -0.1) is 5.54 Å². The molecule has 3 nitrogen and oxygen atoms in total. The van der Waals surface area contributed by atoms with E-state index >= 15 is 0 Å². The monoisotopic (exact) mass is 350 g/mol. The molecule has 1 atom stereocenters. The van der Waals surface area contributed by atoms with Crippen molar-refractivity contribution in [2.75, 3.05) is 0 Å². The molecule has 0 radical (unpaired) electrons. The van der Waals surface area contributed by atoms with Gasteiger partial charge in [0, 0.05) is 12.1 Å². The molecule has 0 aromatic heterocycles. The van der Waals surface area contributed by atoms with Crippen molar-refractivity contribution in [1.29, 1.82) is 0 Å². The summed E-state index contributed by atoms with van der Waals surface area (Å²) >= 11 is 0. The van der Waals surface area contributed by atoms with E-state index in [1.54, 1.807) is 0 Å². The fourth-order valence-electron chi connectivity index (χ4n) is 2.25. The summed E-state index contributed by atoms with van der Waals surface area (Å²) in [4.78, 5) is 12.1. The van der Waals surface area contributed by atoms with Gasteiger partial charge in [0.15, 0.2) is 0 Å². The molecule has 0 saturated carbocycles. The van der Waals surface area contributed by atoms with Crippen LogP contribution in [0.1, 0.15) is 16.7 Å². The van der Waals surface area contributed by atoms with Crippen LogP contribution in [-0.2, 0) is 17.8 Å². The molecular weight excluding hydrogens is 324 g/mol. The van der Waals surface area contributed by atoms with Crippen LogP contribution in [0.5, 0.6) is 0 Å². The highest BCUT2D eigenvalue weighted by molar-refractivity contribution is 6.83. The van der Waals surface area contributed by atoms with E-state index in [1.165, 1.54) is 0 Å². The van der Waals surface area contributed by atoms with E-state index in [4.69, 9.17) is 5.73 Å². The van der Waals surface area contributed by atoms with Gasteiger partial charge in [-0.2, -0.15) is 0 Å². The molecule has 0 saturated heterocycles. The largest absolute Gasteiger partial charge is 0.351 e. The minimum Gasteiger partial charge on any atom is -0.351 e. The Labute approximate surface area is 151 Å². The van der Waals surface area contributed by atoms with Gasteiger partial charge in [-0.1, -0.05) is 68.0 Å². The lowest BCUT2D eigenvalue weighted by Crippen LogP contribution is -2.41. The van der Waals surface area contributed by atoms with Gasteiger partial charge in [-0.25, -0.2) is 0 Å². The maximum absolute atomic E-state index is 12.1. The molecule has 2 aromatic rings. The Morgan fingerprint density at radius 2 is 1.68 bits per heavy atom. The number of hydrogen-bond donors (Lipinski definition) is 2. The lowest BCUT2D eigenvalue weighted by Gasteiger charge is -2.12. The van der Waals surface area contributed by atoms with Crippen molar-refractivity contribution >= 4 is 14.0 Å². The van der Waals surface area contributed by atoms with Gasteiger partial charge in [-0.3, -0.25) is 4.79 Å². The first-order valence-corrected chi connectivity index (χ1v) is 12.0. The predicted molar refractivity (Wildman–Crippen MR) is 107 cm³/mol. The number of benzene rings is 2. The standard InChI is InChI=1S/C21H26N2OSi/c1-25(2,3)14-13-17-9-11-19(12-10-17)16-23-21(24)20(22)15-18-7-5-4-6-8-18/h4-12,20H,15-16,22H2,1-3H3,(H,23,24)/t20-/m0/s1. The van der Waals surface area contributed by atoms with E-state index in [2.05, 4.69) is 36.4 Å². The maximum Gasteiger partial charge on any atom is 0.237 e. The Hall–Kier alpha value is -2.35. The molecule has 25 heavy (non-hydrogen) atoms. The molecule has 0 heterocycles. The second-order valence-electron chi connectivity index (χ2n) is 7.21. The number of rotatable bonds is 5. The molecule has 0 fully saturated rings. The third-order valence-corrected chi connectivity index (χ3v) is 4.51. The smallest absolute Gasteiger partial charge is 0.237 e. The summed E-state index contributed by atoms with van der Waals surface area (Å²) in [7, 11) is -1.36. The minimum absolute atomic E-state index is 0.133.